The van der Waals surface area contributed by atoms with E-state index in [4.69, 9.17) is 0 Å². The van der Waals surface area contributed by atoms with Gasteiger partial charge in [-0.25, -0.2) is 18.4 Å². The predicted molar refractivity (Wildman–Crippen MR) is 116 cm³/mol. The van der Waals surface area contributed by atoms with Crippen LogP contribution >= 0.6 is 11.3 Å². The molecule has 1 atom stereocenters. The van der Waals surface area contributed by atoms with Gasteiger partial charge in [0.25, 0.3) is 0 Å². The maximum Gasteiger partial charge on any atom is 0.229 e. The van der Waals surface area contributed by atoms with Gasteiger partial charge in [-0.1, -0.05) is 23.5 Å². The minimum atomic E-state index is -3.29. The third kappa shape index (κ3) is 5.02. The number of hydrogen-bond acceptors (Lipinski definition) is 8. The number of aliphatic hydroxyl groups is 1. The molecule has 0 spiro atoms. The van der Waals surface area contributed by atoms with E-state index >= 15 is 0 Å². The predicted octanol–water partition coefficient (Wildman–Crippen LogP) is 1.75. The number of aromatic nitrogens is 2. The van der Waals surface area contributed by atoms with Crippen LogP contribution < -0.4 is 9.62 Å². The van der Waals surface area contributed by atoms with E-state index in [0.717, 1.165) is 53.5 Å². The molecule has 1 unspecified atom stereocenters. The number of fused-ring (bicyclic) bond motifs is 1. The van der Waals surface area contributed by atoms with Crippen molar-refractivity contribution in [2.75, 3.05) is 42.1 Å². The highest BCUT2D eigenvalue weighted by Gasteiger charge is 2.24. The van der Waals surface area contributed by atoms with E-state index in [9.17, 15) is 13.5 Å². The van der Waals surface area contributed by atoms with E-state index in [1.807, 2.05) is 24.3 Å². The second-order valence-corrected chi connectivity index (χ2v) is 9.81. The summed E-state index contributed by atoms with van der Waals surface area (Å²) in [5, 5.41) is 11.6. The van der Waals surface area contributed by atoms with E-state index in [2.05, 4.69) is 24.5 Å². The Morgan fingerprint density at radius 1 is 1.17 bits per heavy atom. The van der Waals surface area contributed by atoms with Gasteiger partial charge in [-0.2, -0.15) is 0 Å². The molecular formula is C19H23N5O3S2. The van der Waals surface area contributed by atoms with Gasteiger partial charge in [0.05, 0.1) is 6.26 Å². The molecule has 1 aliphatic heterocycles. The Balaban J connectivity index is 1.32. The highest BCUT2D eigenvalue weighted by Crippen LogP contribution is 2.28. The lowest BCUT2D eigenvalue weighted by atomic mass is 10.1. The van der Waals surface area contributed by atoms with E-state index in [1.54, 1.807) is 29.7 Å². The fraction of sp³-hybridized carbons (Fsp3) is 0.368. The summed E-state index contributed by atoms with van der Waals surface area (Å²) in [4.78, 5) is 14.3. The first-order chi connectivity index (χ1) is 13.9. The standard InChI is InChI=1S/C19H23N5O3S2/c1-29(26,27)22-15-6-4-14(5-7-15)13-17(25)23-9-11-24(12-10-23)19-21-16-3-2-8-20-18(16)28-19/h2-8,17,22,25H,9-13H2,1H3. The van der Waals surface area contributed by atoms with E-state index in [-0.39, 0.29) is 0 Å². The Bertz CT molecular complexity index is 1040. The monoisotopic (exact) mass is 433 g/mol. The lowest BCUT2D eigenvalue weighted by Gasteiger charge is -2.37. The van der Waals surface area contributed by atoms with Gasteiger partial charge in [-0.3, -0.25) is 9.62 Å². The third-order valence-corrected chi connectivity index (χ3v) is 6.48. The summed E-state index contributed by atoms with van der Waals surface area (Å²) in [6, 6.07) is 11.0. The summed E-state index contributed by atoms with van der Waals surface area (Å²) in [7, 11) is -3.29. The van der Waals surface area contributed by atoms with Crippen molar-refractivity contribution in [1.29, 1.82) is 0 Å². The van der Waals surface area contributed by atoms with Crippen molar-refractivity contribution in [3.63, 3.8) is 0 Å². The number of piperazine rings is 1. The smallest absolute Gasteiger partial charge is 0.229 e. The Hall–Kier alpha value is -2.27. The molecule has 1 fully saturated rings. The van der Waals surface area contributed by atoms with Crippen molar-refractivity contribution in [3.8, 4) is 0 Å². The highest BCUT2D eigenvalue weighted by molar-refractivity contribution is 7.92. The molecule has 10 heteroatoms. The minimum absolute atomic E-state index is 0.490. The molecule has 1 aliphatic rings. The Morgan fingerprint density at radius 3 is 2.55 bits per heavy atom. The Kier molecular flexibility index (Phi) is 5.68. The molecule has 2 aromatic heterocycles. The molecule has 3 heterocycles. The summed E-state index contributed by atoms with van der Waals surface area (Å²) < 4.78 is 25.0. The van der Waals surface area contributed by atoms with E-state index < -0.39 is 16.3 Å². The van der Waals surface area contributed by atoms with Crippen molar-refractivity contribution < 1.29 is 13.5 Å². The van der Waals surface area contributed by atoms with Gasteiger partial charge in [0.2, 0.25) is 10.0 Å². The Morgan fingerprint density at radius 2 is 1.90 bits per heavy atom. The van der Waals surface area contributed by atoms with Crippen LogP contribution in [0.4, 0.5) is 10.8 Å². The molecule has 0 bridgehead atoms. The molecule has 154 valence electrons. The number of aliphatic hydroxyl groups excluding tert-OH is 1. The van der Waals surface area contributed by atoms with Gasteiger partial charge < -0.3 is 10.0 Å². The molecule has 8 nitrogen and oxygen atoms in total. The van der Waals surface area contributed by atoms with Crippen LogP contribution in [0.25, 0.3) is 10.3 Å². The van der Waals surface area contributed by atoms with Crippen molar-refractivity contribution >= 4 is 42.5 Å². The number of hydrogen-bond donors (Lipinski definition) is 2. The number of rotatable bonds is 6. The molecule has 1 saturated heterocycles. The quantitative estimate of drug-likeness (QED) is 0.611. The lowest BCUT2D eigenvalue weighted by Crippen LogP contribution is -2.51. The second kappa shape index (κ2) is 8.23. The van der Waals surface area contributed by atoms with Crippen LogP contribution in [0.2, 0.25) is 0 Å². The zero-order chi connectivity index (χ0) is 20.4. The molecule has 0 radical (unpaired) electrons. The molecule has 0 amide bonds. The Labute approximate surface area is 173 Å². The van der Waals surface area contributed by atoms with Gasteiger partial charge in [-0.05, 0) is 29.8 Å². The topological polar surface area (TPSA) is 98.7 Å². The van der Waals surface area contributed by atoms with Crippen LogP contribution in [0, 0.1) is 0 Å². The summed E-state index contributed by atoms with van der Waals surface area (Å²) in [6.07, 6.45) is 2.81. The lowest BCUT2D eigenvalue weighted by molar-refractivity contribution is 0.00111. The van der Waals surface area contributed by atoms with Crippen LogP contribution in [0.15, 0.2) is 42.6 Å². The molecule has 2 N–H and O–H groups in total. The number of nitrogens with zero attached hydrogens (tertiary/aromatic N) is 4. The number of thiazole rings is 1. The fourth-order valence-electron chi connectivity index (χ4n) is 3.37. The first-order valence-corrected chi connectivity index (χ1v) is 12.0. The third-order valence-electron chi connectivity index (χ3n) is 4.84. The number of anilines is 2. The van der Waals surface area contributed by atoms with Crippen LogP contribution in [-0.2, 0) is 16.4 Å². The van der Waals surface area contributed by atoms with Crippen LogP contribution in [-0.4, -0.2) is 67.1 Å². The summed E-state index contributed by atoms with van der Waals surface area (Å²) in [5.41, 5.74) is 2.39. The van der Waals surface area contributed by atoms with Crippen LogP contribution in [0.3, 0.4) is 0 Å². The first-order valence-electron chi connectivity index (χ1n) is 9.33. The van der Waals surface area contributed by atoms with Gasteiger partial charge in [0.15, 0.2) is 5.13 Å². The van der Waals surface area contributed by atoms with Crippen molar-refractivity contribution in [3.05, 3.63) is 48.2 Å². The average molecular weight is 434 g/mol. The van der Waals surface area contributed by atoms with Gasteiger partial charge in [-0.15, -0.1) is 0 Å². The highest BCUT2D eigenvalue weighted by atomic mass is 32.2. The second-order valence-electron chi connectivity index (χ2n) is 7.10. The van der Waals surface area contributed by atoms with Crippen molar-refractivity contribution in [1.82, 2.24) is 14.9 Å². The molecular weight excluding hydrogens is 410 g/mol. The van der Waals surface area contributed by atoms with Gasteiger partial charge in [0, 0.05) is 44.5 Å². The van der Waals surface area contributed by atoms with E-state index in [1.165, 1.54) is 0 Å². The first kappa shape index (κ1) is 20.0. The molecule has 1 aromatic carbocycles. The van der Waals surface area contributed by atoms with E-state index in [0.29, 0.717) is 12.1 Å². The summed E-state index contributed by atoms with van der Waals surface area (Å²) in [6.45, 7) is 3.10. The van der Waals surface area contributed by atoms with Crippen LogP contribution in [0.5, 0.6) is 0 Å². The normalized spacial score (nSPS) is 16.8. The zero-order valence-corrected chi connectivity index (χ0v) is 17.7. The minimum Gasteiger partial charge on any atom is -0.378 e. The maximum atomic E-state index is 11.3. The number of pyridine rings is 1. The van der Waals surface area contributed by atoms with Crippen LogP contribution in [0.1, 0.15) is 5.56 Å². The molecule has 0 aliphatic carbocycles. The zero-order valence-electron chi connectivity index (χ0n) is 16.0. The summed E-state index contributed by atoms with van der Waals surface area (Å²) >= 11 is 1.60. The number of sulfonamides is 1. The molecule has 0 saturated carbocycles. The number of nitrogens with one attached hydrogen (secondary N) is 1. The van der Waals surface area contributed by atoms with Crippen molar-refractivity contribution in [2.24, 2.45) is 0 Å². The summed E-state index contributed by atoms with van der Waals surface area (Å²) in [5.74, 6) is 0. The maximum absolute atomic E-state index is 11.3. The molecule has 3 aromatic rings. The SMILES string of the molecule is CS(=O)(=O)Nc1ccc(CC(O)N2CCN(c3nc4cccnc4s3)CC2)cc1. The average Bonchev–Trinajstić information content (AvgIpc) is 3.13. The largest absolute Gasteiger partial charge is 0.378 e. The molecule has 4 rings (SSSR count). The number of benzene rings is 1. The van der Waals surface area contributed by atoms with Gasteiger partial charge in [0.1, 0.15) is 16.6 Å². The molecule has 29 heavy (non-hydrogen) atoms. The van der Waals surface area contributed by atoms with Crippen molar-refractivity contribution in [2.45, 2.75) is 12.6 Å². The van der Waals surface area contributed by atoms with Gasteiger partial charge >= 0.3 is 0 Å². The fourth-order valence-corrected chi connectivity index (χ4v) is 4.89.